The minimum Gasteiger partial charge on any atom is -0.497 e. The van der Waals surface area contributed by atoms with Crippen LogP contribution in [-0.4, -0.2) is 52.9 Å². The van der Waals surface area contributed by atoms with Gasteiger partial charge in [-0.05, 0) is 36.8 Å². The van der Waals surface area contributed by atoms with Crippen LogP contribution in [0.3, 0.4) is 0 Å². The first-order chi connectivity index (χ1) is 16.4. The predicted molar refractivity (Wildman–Crippen MR) is 124 cm³/mol. The Morgan fingerprint density at radius 2 is 1.85 bits per heavy atom. The number of aromatic nitrogens is 6. The number of nitrogens with zero attached hydrogens (tertiary/aromatic N) is 7. The highest BCUT2D eigenvalue weighted by Crippen LogP contribution is 2.24. The number of fused-ring (bicyclic) bond motifs is 2. The van der Waals surface area contributed by atoms with Crippen LogP contribution < -0.4 is 16.0 Å². The van der Waals surface area contributed by atoms with Crippen molar-refractivity contribution in [3.63, 3.8) is 0 Å². The molecule has 11 heteroatoms. The molecule has 5 rings (SSSR count). The number of rotatable bonds is 4. The summed E-state index contributed by atoms with van der Waals surface area (Å²) >= 11 is 0. The zero-order valence-corrected chi connectivity index (χ0v) is 19.3. The molecule has 0 radical (unpaired) electrons. The summed E-state index contributed by atoms with van der Waals surface area (Å²) in [6.07, 6.45) is 2.21. The maximum Gasteiger partial charge on any atom is 0.332 e. The van der Waals surface area contributed by atoms with Crippen molar-refractivity contribution >= 4 is 17.1 Å². The normalized spacial score (nSPS) is 13.7. The van der Waals surface area contributed by atoms with Gasteiger partial charge in [0.15, 0.2) is 11.2 Å². The average Bonchev–Trinajstić information content (AvgIpc) is 3.39. The van der Waals surface area contributed by atoms with Crippen molar-refractivity contribution in [3.8, 4) is 17.0 Å². The summed E-state index contributed by atoms with van der Waals surface area (Å²) in [6, 6.07) is 9.71. The molecule has 0 bridgehead atoms. The molecule has 34 heavy (non-hydrogen) atoms. The monoisotopic (exact) mass is 463 g/mol. The fourth-order valence-corrected chi connectivity index (χ4v) is 4.34. The third-order valence-corrected chi connectivity index (χ3v) is 6.28. The van der Waals surface area contributed by atoms with Crippen molar-refractivity contribution < 1.29 is 9.53 Å². The number of carbonyl (C=O) groups is 1. The van der Waals surface area contributed by atoms with Gasteiger partial charge in [0.1, 0.15) is 12.3 Å². The zero-order valence-electron chi connectivity index (χ0n) is 19.3. The smallest absolute Gasteiger partial charge is 0.332 e. The minimum atomic E-state index is -0.471. The summed E-state index contributed by atoms with van der Waals surface area (Å²) in [4.78, 5) is 44.0. The number of hydrogen-bond acceptors (Lipinski definition) is 6. The van der Waals surface area contributed by atoms with Crippen molar-refractivity contribution in [2.24, 2.45) is 14.1 Å². The number of hydrogen-bond donors (Lipinski definition) is 0. The summed E-state index contributed by atoms with van der Waals surface area (Å²) in [6.45, 7) is 1.68. The van der Waals surface area contributed by atoms with Gasteiger partial charge >= 0.3 is 5.69 Å². The van der Waals surface area contributed by atoms with Crippen molar-refractivity contribution in [1.29, 1.82) is 0 Å². The molecular formula is C23H25N7O4. The molecular weight excluding hydrogens is 438 g/mol. The molecule has 0 N–H and O–H groups in total. The van der Waals surface area contributed by atoms with Crippen LogP contribution in [0.1, 0.15) is 12.1 Å². The van der Waals surface area contributed by atoms with E-state index in [1.54, 1.807) is 19.1 Å². The Hall–Kier alpha value is -4.15. The standard InChI is InChI=1S/C23H25N7O4/c1-26-21-20(22(32)27(2)23(26)33)29(14-24-21)13-19(31)28-9-4-10-30-16(12-28)11-18(25-30)15-5-7-17(34-3)8-6-15/h5-8,11,14H,4,9-10,12-13H2,1-3H3. The maximum atomic E-state index is 13.2. The Morgan fingerprint density at radius 1 is 1.09 bits per heavy atom. The van der Waals surface area contributed by atoms with Gasteiger partial charge in [-0.1, -0.05) is 0 Å². The highest BCUT2D eigenvalue weighted by Gasteiger charge is 2.23. The molecule has 1 aliphatic heterocycles. The average molecular weight is 463 g/mol. The fraction of sp³-hybridized carbons (Fsp3) is 0.348. The van der Waals surface area contributed by atoms with E-state index in [1.807, 2.05) is 35.0 Å². The lowest BCUT2D eigenvalue weighted by atomic mass is 10.1. The van der Waals surface area contributed by atoms with E-state index in [0.717, 1.165) is 33.7 Å². The molecule has 1 aromatic carbocycles. The topological polar surface area (TPSA) is 109 Å². The molecule has 0 atom stereocenters. The number of imidazole rings is 1. The van der Waals surface area contributed by atoms with Crippen LogP contribution in [0, 0.1) is 0 Å². The first-order valence-electron chi connectivity index (χ1n) is 11.0. The second kappa shape index (κ2) is 8.32. The van der Waals surface area contributed by atoms with E-state index in [9.17, 15) is 14.4 Å². The number of carbonyl (C=O) groups excluding carboxylic acids is 1. The molecule has 0 saturated heterocycles. The highest BCUT2D eigenvalue weighted by atomic mass is 16.5. The van der Waals surface area contributed by atoms with Gasteiger partial charge in [0, 0.05) is 32.7 Å². The Balaban J connectivity index is 1.40. The van der Waals surface area contributed by atoms with Crippen LogP contribution in [0.4, 0.5) is 0 Å². The predicted octanol–water partition coefficient (Wildman–Crippen LogP) is 0.738. The summed E-state index contributed by atoms with van der Waals surface area (Å²) in [5.74, 6) is 0.652. The van der Waals surface area contributed by atoms with E-state index in [1.165, 1.54) is 22.5 Å². The summed E-state index contributed by atoms with van der Waals surface area (Å²) in [5, 5.41) is 4.73. The van der Waals surface area contributed by atoms with E-state index < -0.39 is 11.2 Å². The number of amides is 1. The summed E-state index contributed by atoms with van der Waals surface area (Å²) in [5.41, 5.74) is 2.34. The van der Waals surface area contributed by atoms with Crippen molar-refractivity contribution in [2.75, 3.05) is 13.7 Å². The molecule has 0 fully saturated rings. The first-order valence-corrected chi connectivity index (χ1v) is 11.0. The fourth-order valence-electron chi connectivity index (χ4n) is 4.34. The Morgan fingerprint density at radius 3 is 2.59 bits per heavy atom. The Kier molecular flexibility index (Phi) is 5.31. The number of benzene rings is 1. The van der Waals surface area contributed by atoms with Crippen LogP contribution in [0.2, 0.25) is 0 Å². The van der Waals surface area contributed by atoms with E-state index >= 15 is 0 Å². The van der Waals surface area contributed by atoms with Gasteiger partial charge in [-0.2, -0.15) is 5.10 Å². The molecule has 0 aliphatic carbocycles. The van der Waals surface area contributed by atoms with E-state index in [-0.39, 0.29) is 23.6 Å². The molecule has 4 heterocycles. The molecule has 3 aromatic heterocycles. The molecule has 0 unspecified atom stereocenters. The molecule has 11 nitrogen and oxygen atoms in total. The van der Waals surface area contributed by atoms with Crippen molar-refractivity contribution in [3.05, 3.63) is 63.2 Å². The number of methoxy groups -OCH3 is 1. The maximum absolute atomic E-state index is 13.2. The minimum absolute atomic E-state index is 0.0383. The van der Waals surface area contributed by atoms with Crippen LogP contribution in [0.25, 0.3) is 22.4 Å². The third kappa shape index (κ3) is 3.58. The van der Waals surface area contributed by atoms with E-state index in [2.05, 4.69) is 4.98 Å². The van der Waals surface area contributed by atoms with Gasteiger partial charge in [-0.15, -0.1) is 0 Å². The lowest BCUT2D eigenvalue weighted by Crippen LogP contribution is -2.38. The molecule has 4 aromatic rings. The van der Waals surface area contributed by atoms with Gasteiger partial charge in [0.05, 0.1) is 31.4 Å². The number of ether oxygens (including phenoxy) is 1. The van der Waals surface area contributed by atoms with Crippen LogP contribution in [0.5, 0.6) is 5.75 Å². The lowest BCUT2D eigenvalue weighted by Gasteiger charge is -2.20. The van der Waals surface area contributed by atoms with Gasteiger partial charge in [0.25, 0.3) is 5.56 Å². The third-order valence-electron chi connectivity index (χ3n) is 6.28. The van der Waals surface area contributed by atoms with Crippen molar-refractivity contribution in [1.82, 2.24) is 33.4 Å². The first kappa shape index (κ1) is 21.7. The largest absolute Gasteiger partial charge is 0.497 e. The van der Waals surface area contributed by atoms with Crippen LogP contribution >= 0.6 is 0 Å². The molecule has 0 saturated carbocycles. The zero-order chi connectivity index (χ0) is 24.0. The van der Waals surface area contributed by atoms with Crippen LogP contribution in [-0.2, 0) is 38.5 Å². The lowest BCUT2D eigenvalue weighted by molar-refractivity contribution is -0.132. The number of aryl methyl sites for hydroxylation is 2. The van der Waals surface area contributed by atoms with Crippen LogP contribution in [0.15, 0.2) is 46.2 Å². The molecule has 176 valence electrons. The summed E-state index contributed by atoms with van der Waals surface area (Å²) < 4.78 is 11.0. The summed E-state index contributed by atoms with van der Waals surface area (Å²) in [7, 11) is 4.60. The van der Waals surface area contributed by atoms with Crippen molar-refractivity contribution in [2.45, 2.75) is 26.1 Å². The molecule has 0 spiro atoms. The van der Waals surface area contributed by atoms with E-state index in [4.69, 9.17) is 9.84 Å². The van der Waals surface area contributed by atoms with Gasteiger partial charge in [-0.25, -0.2) is 9.78 Å². The second-order valence-electron chi connectivity index (χ2n) is 8.39. The quantitative estimate of drug-likeness (QED) is 0.442. The van der Waals surface area contributed by atoms with Gasteiger partial charge < -0.3 is 14.2 Å². The Bertz CT molecular complexity index is 1510. The molecule has 1 amide bonds. The highest BCUT2D eigenvalue weighted by molar-refractivity contribution is 5.79. The van der Waals surface area contributed by atoms with E-state index in [0.29, 0.717) is 19.6 Å². The second-order valence-corrected chi connectivity index (χ2v) is 8.39. The Labute approximate surface area is 194 Å². The van der Waals surface area contributed by atoms with Gasteiger partial charge in [0.2, 0.25) is 5.91 Å². The van der Waals surface area contributed by atoms with Gasteiger partial charge in [-0.3, -0.25) is 23.4 Å². The SMILES string of the molecule is COc1ccc(-c2cc3n(n2)CCCN(C(=O)Cn2cnc4c2c(=O)n(C)c(=O)n4C)C3)cc1. The molecule has 1 aliphatic rings.